The predicted octanol–water partition coefficient (Wildman–Crippen LogP) is 0.552. The van der Waals surface area contributed by atoms with Crippen LogP contribution in [-0.2, 0) is 10.0 Å². The molecule has 5 heteroatoms. The average molecular weight is 244 g/mol. The minimum Gasteiger partial charge on any atom is -0.310 e. The van der Waals surface area contributed by atoms with E-state index in [1.54, 1.807) is 4.31 Å². The fraction of sp³-hybridized carbons (Fsp3) is 1.00. The Balaban J connectivity index is 1.69. The van der Waals surface area contributed by atoms with Gasteiger partial charge in [0.05, 0.1) is 5.75 Å². The normalized spacial score (nSPS) is 36.2. The van der Waals surface area contributed by atoms with E-state index in [1.165, 1.54) is 6.42 Å². The molecule has 2 heterocycles. The van der Waals surface area contributed by atoms with E-state index < -0.39 is 10.0 Å². The Morgan fingerprint density at radius 1 is 1.06 bits per heavy atom. The second-order valence-corrected chi connectivity index (χ2v) is 7.52. The van der Waals surface area contributed by atoms with Crippen LogP contribution < -0.4 is 5.32 Å². The van der Waals surface area contributed by atoms with E-state index in [2.05, 4.69) is 5.32 Å². The molecule has 0 amide bonds. The van der Waals surface area contributed by atoms with Crippen LogP contribution in [-0.4, -0.2) is 43.6 Å². The van der Waals surface area contributed by atoms with E-state index in [9.17, 15) is 8.42 Å². The zero-order chi connectivity index (χ0) is 11.2. The Kier molecular flexibility index (Phi) is 2.72. The smallest absolute Gasteiger partial charge is 0.214 e. The Bertz CT molecular complexity index is 364. The van der Waals surface area contributed by atoms with Crippen LogP contribution in [0.2, 0.25) is 0 Å². The minimum atomic E-state index is -2.97. The highest BCUT2D eigenvalue weighted by Crippen LogP contribution is 2.32. The second kappa shape index (κ2) is 3.96. The molecule has 0 aromatic rings. The van der Waals surface area contributed by atoms with Crippen molar-refractivity contribution in [3.63, 3.8) is 0 Å². The van der Waals surface area contributed by atoms with Gasteiger partial charge in [-0.3, -0.25) is 0 Å². The molecule has 3 fully saturated rings. The molecule has 2 unspecified atom stereocenters. The summed E-state index contributed by atoms with van der Waals surface area (Å²) in [5.74, 6) is 0.850. The highest BCUT2D eigenvalue weighted by atomic mass is 32.2. The van der Waals surface area contributed by atoms with Gasteiger partial charge in [-0.2, -0.15) is 0 Å². The summed E-state index contributed by atoms with van der Waals surface area (Å²) in [6.07, 6.45) is 5.57. The Hall–Kier alpha value is -0.130. The third-order valence-electron chi connectivity index (χ3n) is 4.02. The summed E-state index contributed by atoms with van der Waals surface area (Å²) in [5.41, 5.74) is 0. The lowest BCUT2D eigenvalue weighted by atomic mass is 10.1. The van der Waals surface area contributed by atoms with Gasteiger partial charge in [-0.05, 0) is 38.0 Å². The summed E-state index contributed by atoms with van der Waals surface area (Å²) in [7, 11) is -2.97. The molecular weight excluding hydrogens is 224 g/mol. The summed E-state index contributed by atoms with van der Waals surface area (Å²) in [6, 6.07) is 0.965. The minimum absolute atomic E-state index is 0.393. The summed E-state index contributed by atoms with van der Waals surface area (Å²) in [4.78, 5) is 0. The predicted molar refractivity (Wildman–Crippen MR) is 62.6 cm³/mol. The number of hydrogen-bond donors (Lipinski definition) is 1. The lowest BCUT2D eigenvalue weighted by molar-refractivity contribution is 0.382. The first-order chi connectivity index (χ1) is 7.63. The Morgan fingerprint density at radius 2 is 1.81 bits per heavy atom. The number of rotatable bonds is 3. The molecule has 2 bridgehead atoms. The summed E-state index contributed by atoms with van der Waals surface area (Å²) >= 11 is 0. The average Bonchev–Trinajstić information content (AvgIpc) is 2.90. The molecule has 0 aromatic heterocycles. The Labute approximate surface area is 97.4 Å². The summed E-state index contributed by atoms with van der Waals surface area (Å²) < 4.78 is 26.1. The largest absolute Gasteiger partial charge is 0.310 e. The van der Waals surface area contributed by atoms with Crippen LogP contribution in [0.1, 0.15) is 32.1 Å². The number of hydrogen-bond acceptors (Lipinski definition) is 3. The van der Waals surface area contributed by atoms with Gasteiger partial charge in [0.2, 0.25) is 10.0 Å². The molecule has 4 nitrogen and oxygen atoms in total. The third-order valence-corrected chi connectivity index (χ3v) is 6.03. The molecule has 0 spiro atoms. The van der Waals surface area contributed by atoms with Gasteiger partial charge in [0, 0.05) is 25.2 Å². The topological polar surface area (TPSA) is 49.4 Å². The van der Waals surface area contributed by atoms with Gasteiger partial charge >= 0.3 is 0 Å². The van der Waals surface area contributed by atoms with Crippen LogP contribution in [0.5, 0.6) is 0 Å². The molecule has 3 rings (SSSR count). The van der Waals surface area contributed by atoms with Crippen molar-refractivity contribution in [2.75, 3.05) is 18.8 Å². The van der Waals surface area contributed by atoms with Gasteiger partial charge in [0.25, 0.3) is 0 Å². The molecule has 0 aromatic carbocycles. The van der Waals surface area contributed by atoms with Gasteiger partial charge < -0.3 is 5.32 Å². The van der Waals surface area contributed by atoms with E-state index >= 15 is 0 Å². The second-order valence-electron chi connectivity index (χ2n) is 5.51. The Morgan fingerprint density at radius 3 is 2.56 bits per heavy atom. The van der Waals surface area contributed by atoms with Crippen LogP contribution in [0.25, 0.3) is 0 Å². The standard InChI is InChI=1S/C11H20N2O2S/c14-16(15,8-9-1-2-9)13-6-5-10-3-4-11(7-13)12-10/h9-12H,1-8H2. The maximum Gasteiger partial charge on any atom is 0.214 e. The van der Waals surface area contributed by atoms with Crippen LogP contribution >= 0.6 is 0 Å². The highest BCUT2D eigenvalue weighted by Gasteiger charge is 2.36. The van der Waals surface area contributed by atoms with Gasteiger partial charge in [-0.15, -0.1) is 0 Å². The van der Waals surface area contributed by atoms with Crippen molar-refractivity contribution in [1.29, 1.82) is 0 Å². The zero-order valence-corrected chi connectivity index (χ0v) is 10.4. The summed E-state index contributed by atoms with van der Waals surface area (Å²) in [6.45, 7) is 1.43. The molecule has 1 aliphatic carbocycles. The monoisotopic (exact) mass is 244 g/mol. The lowest BCUT2D eigenvalue weighted by Gasteiger charge is -2.23. The third kappa shape index (κ3) is 2.26. The van der Waals surface area contributed by atoms with Gasteiger partial charge in [0.1, 0.15) is 0 Å². The first kappa shape index (κ1) is 11.0. The molecule has 1 saturated carbocycles. The first-order valence-electron chi connectivity index (χ1n) is 6.37. The van der Waals surface area contributed by atoms with Crippen molar-refractivity contribution < 1.29 is 8.42 Å². The number of nitrogens with one attached hydrogen (secondary N) is 1. The van der Waals surface area contributed by atoms with Gasteiger partial charge in [-0.25, -0.2) is 12.7 Å². The van der Waals surface area contributed by atoms with Crippen molar-refractivity contribution >= 4 is 10.0 Å². The summed E-state index contributed by atoms with van der Waals surface area (Å²) in [5, 5.41) is 3.52. The highest BCUT2D eigenvalue weighted by molar-refractivity contribution is 7.89. The van der Waals surface area contributed by atoms with Crippen LogP contribution in [0.15, 0.2) is 0 Å². The van der Waals surface area contributed by atoms with E-state index in [0.29, 0.717) is 30.3 Å². The van der Waals surface area contributed by atoms with Crippen molar-refractivity contribution in [2.45, 2.75) is 44.2 Å². The maximum absolute atomic E-state index is 12.2. The SMILES string of the molecule is O=S(=O)(CC1CC1)N1CCC2CCC(C1)N2. The zero-order valence-electron chi connectivity index (χ0n) is 9.56. The molecular formula is C11H20N2O2S. The van der Waals surface area contributed by atoms with Crippen molar-refractivity contribution in [2.24, 2.45) is 5.92 Å². The molecule has 0 radical (unpaired) electrons. The number of nitrogens with zero attached hydrogens (tertiary/aromatic N) is 1. The first-order valence-corrected chi connectivity index (χ1v) is 7.98. The fourth-order valence-electron chi connectivity index (χ4n) is 2.85. The van der Waals surface area contributed by atoms with Crippen LogP contribution in [0.3, 0.4) is 0 Å². The van der Waals surface area contributed by atoms with E-state index in [4.69, 9.17) is 0 Å². The van der Waals surface area contributed by atoms with E-state index in [-0.39, 0.29) is 0 Å². The van der Waals surface area contributed by atoms with Crippen LogP contribution in [0, 0.1) is 5.92 Å². The fourth-order valence-corrected chi connectivity index (χ4v) is 4.78. The molecule has 16 heavy (non-hydrogen) atoms. The van der Waals surface area contributed by atoms with E-state index in [1.807, 2.05) is 0 Å². The maximum atomic E-state index is 12.2. The molecule has 92 valence electrons. The van der Waals surface area contributed by atoms with Crippen molar-refractivity contribution in [3.8, 4) is 0 Å². The lowest BCUT2D eigenvalue weighted by Crippen LogP contribution is -2.40. The molecule has 1 N–H and O–H groups in total. The van der Waals surface area contributed by atoms with Crippen LogP contribution in [0.4, 0.5) is 0 Å². The van der Waals surface area contributed by atoms with Crippen molar-refractivity contribution in [1.82, 2.24) is 9.62 Å². The number of fused-ring (bicyclic) bond motifs is 2. The van der Waals surface area contributed by atoms with Gasteiger partial charge in [-0.1, -0.05) is 0 Å². The quantitative estimate of drug-likeness (QED) is 0.789. The van der Waals surface area contributed by atoms with Crippen molar-refractivity contribution in [3.05, 3.63) is 0 Å². The molecule has 2 saturated heterocycles. The van der Waals surface area contributed by atoms with E-state index in [0.717, 1.165) is 32.2 Å². The molecule has 2 aliphatic heterocycles. The molecule has 3 aliphatic rings. The van der Waals surface area contributed by atoms with Gasteiger partial charge in [0.15, 0.2) is 0 Å². The number of sulfonamides is 1. The molecule has 2 atom stereocenters.